The number of methoxy groups -OCH3 is 1. The van der Waals surface area contributed by atoms with Crippen LogP contribution in [0.2, 0.25) is 0 Å². The number of esters is 2. The number of allylic oxidation sites excluding steroid dienone is 2. The van der Waals surface area contributed by atoms with Gasteiger partial charge < -0.3 is 14.2 Å². The fourth-order valence-electron chi connectivity index (χ4n) is 4.61. The molecule has 138 valence electrons. The summed E-state index contributed by atoms with van der Waals surface area (Å²) >= 11 is 0. The average Bonchev–Trinajstić information content (AvgIpc) is 3.03. The van der Waals surface area contributed by atoms with Gasteiger partial charge in [0.1, 0.15) is 0 Å². The number of rotatable bonds is 5. The Bertz CT molecular complexity index is 610. The highest BCUT2D eigenvalue weighted by Gasteiger charge is 2.55. The number of hydrogen-bond acceptors (Lipinski definition) is 5. The topological polar surface area (TPSA) is 61.8 Å². The number of carbonyl (C=O) groups is 2. The molecule has 0 saturated carbocycles. The Labute approximate surface area is 149 Å². The van der Waals surface area contributed by atoms with Crippen molar-refractivity contribution in [3.05, 3.63) is 22.3 Å². The third-order valence-corrected chi connectivity index (χ3v) is 5.74. The highest BCUT2D eigenvalue weighted by atomic mass is 16.6. The van der Waals surface area contributed by atoms with Crippen LogP contribution in [0.3, 0.4) is 0 Å². The highest BCUT2D eigenvalue weighted by Crippen LogP contribution is 2.53. The Morgan fingerprint density at radius 2 is 1.64 bits per heavy atom. The number of carbonyl (C=O) groups excluding carboxylic acids is 2. The molecule has 1 unspecified atom stereocenters. The molecule has 0 amide bonds. The van der Waals surface area contributed by atoms with E-state index < -0.39 is 17.4 Å². The van der Waals surface area contributed by atoms with E-state index in [2.05, 4.69) is 0 Å². The van der Waals surface area contributed by atoms with Crippen LogP contribution in [-0.4, -0.2) is 38.4 Å². The fourth-order valence-corrected chi connectivity index (χ4v) is 4.61. The van der Waals surface area contributed by atoms with Crippen LogP contribution in [0.4, 0.5) is 0 Å². The quantitative estimate of drug-likeness (QED) is 0.562. The summed E-state index contributed by atoms with van der Waals surface area (Å²) in [6.45, 7) is 4.06. The van der Waals surface area contributed by atoms with E-state index in [1.807, 2.05) is 0 Å². The zero-order chi connectivity index (χ0) is 18.0. The van der Waals surface area contributed by atoms with Gasteiger partial charge in [0.15, 0.2) is 5.41 Å². The summed E-state index contributed by atoms with van der Waals surface area (Å²) < 4.78 is 16.3. The van der Waals surface area contributed by atoms with Gasteiger partial charge in [-0.15, -0.1) is 0 Å². The monoisotopic (exact) mass is 348 g/mol. The van der Waals surface area contributed by atoms with Crippen molar-refractivity contribution in [1.29, 1.82) is 0 Å². The SMILES string of the molecule is CCOC(=O)C1(C(=O)OCC)CC2=C(C1)C1=C(CCCC1OC)CC2. The van der Waals surface area contributed by atoms with E-state index in [0.717, 1.165) is 37.7 Å². The van der Waals surface area contributed by atoms with Crippen LogP contribution >= 0.6 is 0 Å². The van der Waals surface area contributed by atoms with Crippen LogP contribution in [0, 0.1) is 5.41 Å². The van der Waals surface area contributed by atoms with Crippen molar-refractivity contribution < 1.29 is 23.8 Å². The van der Waals surface area contributed by atoms with Crippen molar-refractivity contribution in [1.82, 2.24) is 0 Å². The molecule has 1 atom stereocenters. The molecule has 0 N–H and O–H groups in total. The minimum absolute atomic E-state index is 0.0780. The molecule has 25 heavy (non-hydrogen) atoms. The summed E-state index contributed by atoms with van der Waals surface area (Å²) in [6.07, 6.45) is 6.05. The molecule has 5 nitrogen and oxygen atoms in total. The van der Waals surface area contributed by atoms with Crippen LogP contribution < -0.4 is 0 Å². The fraction of sp³-hybridized carbons (Fsp3) is 0.700. The summed E-state index contributed by atoms with van der Waals surface area (Å²) in [7, 11) is 1.74. The average molecular weight is 348 g/mol. The molecule has 0 spiro atoms. The van der Waals surface area contributed by atoms with Gasteiger partial charge in [0.05, 0.1) is 19.3 Å². The number of fused-ring (bicyclic) bond motifs is 1. The minimum atomic E-state index is -1.21. The second-order valence-electron chi connectivity index (χ2n) is 7.09. The standard InChI is InChI=1S/C20H28O5/c1-4-24-18(21)20(19(22)25-5-2)11-14-10-9-13-7-6-8-16(23-3)17(13)15(14)12-20/h16H,4-12H2,1-3H3. The zero-order valence-electron chi connectivity index (χ0n) is 15.5. The van der Waals surface area contributed by atoms with Gasteiger partial charge in [0, 0.05) is 7.11 Å². The van der Waals surface area contributed by atoms with Crippen LogP contribution in [0.5, 0.6) is 0 Å². The lowest BCUT2D eigenvalue weighted by Crippen LogP contribution is -2.40. The molecule has 0 saturated heterocycles. The maximum Gasteiger partial charge on any atom is 0.324 e. The molecule has 3 aliphatic carbocycles. The van der Waals surface area contributed by atoms with E-state index in [9.17, 15) is 9.59 Å². The van der Waals surface area contributed by atoms with Gasteiger partial charge in [0.25, 0.3) is 0 Å². The molecule has 0 aliphatic heterocycles. The third-order valence-electron chi connectivity index (χ3n) is 5.74. The Balaban J connectivity index is 1.96. The smallest absolute Gasteiger partial charge is 0.324 e. The molecule has 3 aliphatic rings. The van der Waals surface area contributed by atoms with Gasteiger partial charge in [-0.25, -0.2) is 0 Å². The Kier molecular flexibility index (Phi) is 5.32. The maximum absolute atomic E-state index is 12.7. The Hall–Kier alpha value is -1.62. The van der Waals surface area contributed by atoms with Gasteiger partial charge in [-0.05, 0) is 69.9 Å². The lowest BCUT2D eigenvalue weighted by Gasteiger charge is -2.32. The predicted molar refractivity (Wildman–Crippen MR) is 92.9 cm³/mol. The van der Waals surface area contributed by atoms with Crippen LogP contribution in [0.15, 0.2) is 22.3 Å². The van der Waals surface area contributed by atoms with Crippen molar-refractivity contribution in [2.24, 2.45) is 5.41 Å². The maximum atomic E-state index is 12.7. The molecule has 0 aromatic carbocycles. The molecule has 0 aromatic heterocycles. The second-order valence-corrected chi connectivity index (χ2v) is 7.09. The van der Waals surface area contributed by atoms with E-state index in [4.69, 9.17) is 14.2 Å². The van der Waals surface area contributed by atoms with Gasteiger partial charge in [-0.1, -0.05) is 11.1 Å². The summed E-state index contributed by atoms with van der Waals surface area (Å²) in [5.41, 5.74) is 3.86. The molecule has 0 heterocycles. The third kappa shape index (κ3) is 3.03. The van der Waals surface area contributed by atoms with E-state index in [1.165, 1.54) is 16.7 Å². The van der Waals surface area contributed by atoms with Crippen molar-refractivity contribution in [2.75, 3.05) is 20.3 Å². The lowest BCUT2D eigenvalue weighted by atomic mass is 9.77. The first-order chi connectivity index (χ1) is 12.1. The van der Waals surface area contributed by atoms with Gasteiger partial charge >= 0.3 is 11.9 Å². The van der Waals surface area contributed by atoms with E-state index in [0.29, 0.717) is 12.8 Å². The van der Waals surface area contributed by atoms with Crippen molar-refractivity contribution in [3.63, 3.8) is 0 Å². The summed E-state index contributed by atoms with van der Waals surface area (Å²) in [6, 6.07) is 0. The van der Waals surface area contributed by atoms with E-state index in [-0.39, 0.29) is 19.3 Å². The lowest BCUT2D eigenvalue weighted by molar-refractivity contribution is -0.171. The van der Waals surface area contributed by atoms with Gasteiger partial charge in [-0.2, -0.15) is 0 Å². The van der Waals surface area contributed by atoms with Gasteiger partial charge in [-0.3, -0.25) is 9.59 Å². The van der Waals surface area contributed by atoms with Crippen LogP contribution in [0.1, 0.15) is 58.8 Å². The summed E-state index contributed by atoms with van der Waals surface area (Å²) in [4.78, 5) is 25.5. The molecular weight excluding hydrogens is 320 g/mol. The van der Waals surface area contributed by atoms with Crippen molar-refractivity contribution in [2.45, 2.75) is 64.9 Å². The molecule has 0 bridgehead atoms. The Morgan fingerprint density at radius 3 is 2.24 bits per heavy atom. The molecule has 3 rings (SSSR count). The molecule has 0 aromatic rings. The van der Waals surface area contributed by atoms with Gasteiger partial charge in [0.2, 0.25) is 0 Å². The van der Waals surface area contributed by atoms with Crippen molar-refractivity contribution >= 4 is 11.9 Å². The largest absolute Gasteiger partial charge is 0.465 e. The second kappa shape index (κ2) is 7.32. The Morgan fingerprint density at radius 1 is 1.00 bits per heavy atom. The number of ether oxygens (including phenoxy) is 3. The minimum Gasteiger partial charge on any atom is -0.465 e. The van der Waals surface area contributed by atoms with E-state index >= 15 is 0 Å². The highest BCUT2D eigenvalue weighted by molar-refractivity contribution is 6.01. The van der Waals surface area contributed by atoms with Crippen LogP contribution in [-0.2, 0) is 23.8 Å². The zero-order valence-corrected chi connectivity index (χ0v) is 15.5. The molecule has 0 fully saturated rings. The summed E-state index contributed by atoms with van der Waals surface area (Å²) in [5, 5.41) is 0. The van der Waals surface area contributed by atoms with E-state index in [1.54, 1.807) is 21.0 Å². The molecule has 5 heteroatoms. The van der Waals surface area contributed by atoms with Crippen molar-refractivity contribution in [3.8, 4) is 0 Å². The molecular formula is C20H28O5. The first-order valence-corrected chi connectivity index (χ1v) is 9.37. The summed E-state index contributed by atoms with van der Waals surface area (Å²) in [5.74, 6) is -0.899. The first kappa shape index (κ1) is 18.2. The van der Waals surface area contributed by atoms with Crippen LogP contribution in [0.25, 0.3) is 0 Å². The first-order valence-electron chi connectivity index (χ1n) is 9.37. The molecule has 0 radical (unpaired) electrons. The number of hydrogen-bond donors (Lipinski definition) is 0. The predicted octanol–water partition coefficient (Wildman–Crippen LogP) is 3.48. The normalized spacial score (nSPS) is 24.7.